The molecule has 0 unspecified atom stereocenters. The van der Waals surface area contributed by atoms with Crippen molar-refractivity contribution in [2.75, 3.05) is 40.4 Å². The topological polar surface area (TPSA) is 92.7 Å². The number of nitrogens with zero attached hydrogens (tertiary/aromatic N) is 2. The van der Waals surface area contributed by atoms with E-state index in [1.807, 2.05) is 6.07 Å². The number of nitrogens with one attached hydrogen (secondary N) is 2. The lowest BCUT2D eigenvalue weighted by Gasteiger charge is -2.36. The smallest absolute Gasteiger partial charge is 0.317 e. The first-order valence-electron chi connectivity index (χ1n) is 13.0. The van der Waals surface area contributed by atoms with Crippen LogP contribution in [0.4, 0.5) is 25.8 Å². The predicted octanol–water partition coefficient (Wildman–Crippen LogP) is 5.07. The minimum Gasteiger partial charge on any atom is -0.465 e. The average molecular weight is 547 g/mol. The van der Waals surface area contributed by atoms with Crippen LogP contribution in [-0.4, -0.2) is 47.8 Å². The highest BCUT2D eigenvalue weighted by Crippen LogP contribution is 2.54. The molecule has 3 aliphatic rings. The monoisotopic (exact) mass is 546 g/mol. The molecular formula is C27H32F2N4O4S. The Bertz CT molecular complexity index is 1260. The molecule has 1 saturated heterocycles. The summed E-state index contributed by atoms with van der Waals surface area (Å²) in [4.78, 5) is 40.3. The Labute approximate surface area is 224 Å². The van der Waals surface area contributed by atoms with E-state index in [2.05, 4.69) is 14.9 Å². The molecule has 38 heavy (non-hydrogen) atoms. The summed E-state index contributed by atoms with van der Waals surface area (Å²) >= 11 is 1.21. The molecule has 2 saturated carbocycles. The number of hydrogen-bond donors (Lipinski definition) is 2. The van der Waals surface area contributed by atoms with Gasteiger partial charge in [-0.1, -0.05) is 0 Å². The molecule has 1 aromatic carbocycles. The van der Waals surface area contributed by atoms with Crippen LogP contribution in [0.2, 0.25) is 0 Å². The number of ether oxygens (including phenoxy) is 1. The molecule has 1 amide bonds. The van der Waals surface area contributed by atoms with Crippen LogP contribution in [-0.2, 0) is 9.53 Å². The van der Waals surface area contributed by atoms with Gasteiger partial charge in [0.2, 0.25) is 0 Å². The molecule has 5 rings (SSSR count). The van der Waals surface area contributed by atoms with Gasteiger partial charge in [-0.3, -0.25) is 14.4 Å². The van der Waals surface area contributed by atoms with Gasteiger partial charge >= 0.3 is 5.97 Å². The van der Waals surface area contributed by atoms with Crippen molar-refractivity contribution in [3.8, 4) is 0 Å². The van der Waals surface area contributed by atoms with Crippen molar-refractivity contribution in [1.82, 2.24) is 4.57 Å². The second-order valence-corrected chi connectivity index (χ2v) is 11.2. The van der Waals surface area contributed by atoms with Crippen LogP contribution in [0.1, 0.15) is 61.8 Å². The Balaban J connectivity index is 1.34. The van der Waals surface area contributed by atoms with Crippen LogP contribution in [0, 0.1) is 5.41 Å². The maximum Gasteiger partial charge on any atom is 0.317 e. The van der Waals surface area contributed by atoms with Crippen LogP contribution in [0.3, 0.4) is 0 Å². The quantitative estimate of drug-likeness (QED) is 0.335. The Hall–Kier alpha value is -3.08. The highest BCUT2D eigenvalue weighted by Gasteiger charge is 2.47. The molecular weight excluding hydrogens is 514 g/mol. The van der Waals surface area contributed by atoms with Crippen LogP contribution >= 0.6 is 11.9 Å². The number of piperidine rings is 1. The number of hydrogen-bond acceptors (Lipinski definition) is 7. The second-order valence-electron chi connectivity index (χ2n) is 10.4. The van der Waals surface area contributed by atoms with E-state index in [-0.39, 0.29) is 30.3 Å². The van der Waals surface area contributed by atoms with E-state index < -0.39 is 23.4 Å². The number of esters is 1. The standard InChI is InChI=1S/C27H32F2N4O4S/c1-2-37-23(34)17-38-31-18-5-6-20(22(14-18)32-12-9-26(7-8-26)10-13-32)24(35)30-21-4-3-11-33(25(21)36)19-15-27(28,29)16-19/h3-6,11,14,19,31H,2,7-10,12-13,15-17H2,1H3,(H,30,35). The highest BCUT2D eigenvalue weighted by atomic mass is 32.2. The van der Waals surface area contributed by atoms with Gasteiger partial charge in [-0.2, -0.15) is 0 Å². The van der Waals surface area contributed by atoms with Crippen LogP contribution in [0.15, 0.2) is 41.3 Å². The van der Waals surface area contributed by atoms with E-state index in [9.17, 15) is 23.2 Å². The van der Waals surface area contributed by atoms with E-state index in [0.29, 0.717) is 17.6 Å². The van der Waals surface area contributed by atoms with Crippen molar-refractivity contribution in [2.45, 2.75) is 57.4 Å². The van der Waals surface area contributed by atoms with Gasteiger partial charge in [-0.15, -0.1) is 0 Å². The van der Waals surface area contributed by atoms with E-state index in [4.69, 9.17) is 4.74 Å². The van der Waals surface area contributed by atoms with Gasteiger partial charge in [-0.25, -0.2) is 8.78 Å². The second kappa shape index (κ2) is 10.6. The summed E-state index contributed by atoms with van der Waals surface area (Å²) in [5, 5.41) is 2.72. The number of aromatic nitrogens is 1. The SMILES string of the molecule is CCOC(=O)CSNc1ccc(C(=O)Nc2cccn(C3CC(F)(F)C3)c2=O)c(N2CCC3(CC2)CC3)c1. The number of anilines is 3. The Morgan fingerprint density at radius 2 is 1.87 bits per heavy atom. The lowest BCUT2D eigenvalue weighted by Crippen LogP contribution is -2.41. The summed E-state index contributed by atoms with van der Waals surface area (Å²) in [7, 11) is 0. The fourth-order valence-corrected chi connectivity index (χ4v) is 5.80. The number of carbonyl (C=O) groups is 2. The van der Waals surface area contributed by atoms with Crippen molar-refractivity contribution in [1.29, 1.82) is 0 Å². The number of carbonyl (C=O) groups excluding carboxylic acids is 2. The maximum atomic E-state index is 13.4. The third-order valence-electron chi connectivity index (χ3n) is 7.73. The van der Waals surface area contributed by atoms with Crippen molar-refractivity contribution in [3.63, 3.8) is 0 Å². The van der Waals surface area contributed by atoms with Gasteiger partial charge in [0.25, 0.3) is 17.4 Å². The molecule has 0 radical (unpaired) electrons. The summed E-state index contributed by atoms with van der Waals surface area (Å²) < 4.78 is 36.1. The summed E-state index contributed by atoms with van der Waals surface area (Å²) in [6.07, 6.45) is 5.37. The van der Waals surface area contributed by atoms with Crippen LogP contribution in [0.5, 0.6) is 0 Å². The Morgan fingerprint density at radius 1 is 1.13 bits per heavy atom. The minimum atomic E-state index is -2.75. The van der Waals surface area contributed by atoms with Crippen molar-refractivity contribution in [3.05, 3.63) is 52.4 Å². The molecule has 1 aromatic heterocycles. The maximum absolute atomic E-state index is 13.4. The summed E-state index contributed by atoms with van der Waals surface area (Å²) in [6, 6.07) is 7.84. The van der Waals surface area contributed by atoms with Crippen molar-refractivity contribution >= 4 is 40.9 Å². The van der Waals surface area contributed by atoms with E-state index >= 15 is 0 Å². The highest BCUT2D eigenvalue weighted by molar-refractivity contribution is 8.01. The summed E-state index contributed by atoms with van der Waals surface area (Å²) in [5.41, 5.74) is 1.92. The number of benzene rings is 1. The zero-order valence-corrected chi connectivity index (χ0v) is 22.1. The largest absolute Gasteiger partial charge is 0.465 e. The van der Waals surface area contributed by atoms with E-state index in [0.717, 1.165) is 37.3 Å². The first-order valence-corrected chi connectivity index (χ1v) is 14.0. The lowest BCUT2D eigenvalue weighted by molar-refractivity contribution is -0.139. The van der Waals surface area contributed by atoms with Gasteiger partial charge in [0.05, 0.1) is 17.9 Å². The molecule has 1 aliphatic heterocycles. The number of halogens is 2. The predicted molar refractivity (Wildman–Crippen MR) is 144 cm³/mol. The third kappa shape index (κ3) is 5.82. The van der Waals surface area contributed by atoms with Gasteiger partial charge in [0, 0.05) is 43.9 Å². The molecule has 11 heteroatoms. The molecule has 0 bridgehead atoms. The molecule has 8 nitrogen and oxygen atoms in total. The molecule has 2 N–H and O–H groups in total. The molecule has 3 fully saturated rings. The Morgan fingerprint density at radius 3 is 2.53 bits per heavy atom. The normalized spacial score (nSPS) is 19.5. The molecule has 2 aliphatic carbocycles. The molecule has 2 heterocycles. The summed E-state index contributed by atoms with van der Waals surface area (Å²) in [5.74, 6) is -3.36. The molecule has 204 valence electrons. The fraction of sp³-hybridized carbons (Fsp3) is 0.519. The van der Waals surface area contributed by atoms with Gasteiger partial charge < -0.3 is 24.2 Å². The average Bonchev–Trinajstić information content (AvgIpc) is 3.63. The molecule has 2 aromatic rings. The van der Waals surface area contributed by atoms with Crippen molar-refractivity contribution < 1.29 is 23.1 Å². The number of pyridine rings is 1. The molecule has 0 atom stereocenters. The first kappa shape index (κ1) is 26.5. The first-order chi connectivity index (χ1) is 18.2. The lowest BCUT2D eigenvalue weighted by atomic mass is 9.88. The van der Waals surface area contributed by atoms with Crippen LogP contribution in [0.25, 0.3) is 0 Å². The molecule has 1 spiro atoms. The summed E-state index contributed by atoms with van der Waals surface area (Å²) in [6.45, 7) is 3.73. The van der Waals surface area contributed by atoms with E-state index in [1.165, 1.54) is 41.6 Å². The third-order valence-corrected chi connectivity index (χ3v) is 8.49. The minimum absolute atomic E-state index is 0.0569. The van der Waals surface area contributed by atoms with Gasteiger partial charge in [0.15, 0.2) is 0 Å². The zero-order valence-electron chi connectivity index (χ0n) is 21.3. The van der Waals surface area contributed by atoms with Crippen LogP contribution < -0.4 is 20.5 Å². The van der Waals surface area contributed by atoms with Gasteiger partial charge in [0.1, 0.15) is 11.4 Å². The number of amides is 1. The zero-order chi connectivity index (χ0) is 26.9. The van der Waals surface area contributed by atoms with E-state index in [1.54, 1.807) is 25.1 Å². The van der Waals surface area contributed by atoms with Crippen molar-refractivity contribution in [2.24, 2.45) is 5.41 Å². The number of alkyl halides is 2. The Kier molecular flexibility index (Phi) is 7.39. The number of rotatable bonds is 9. The van der Waals surface area contributed by atoms with Gasteiger partial charge in [-0.05, 0) is 80.3 Å². The fourth-order valence-electron chi connectivity index (χ4n) is 5.24.